The van der Waals surface area contributed by atoms with Crippen LogP contribution in [-0.4, -0.2) is 11.2 Å². The number of aliphatic hydroxyl groups excluding tert-OH is 1. The highest BCUT2D eigenvalue weighted by atomic mass is 16.3. The van der Waals surface area contributed by atoms with Gasteiger partial charge in [0.25, 0.3) is 0 Å². The maximum Gasteiger partial charge on any atom is 0.0760 e. The van der Waals surface area contributed by atoms with Gasteiger partial charge < -0.3 is 10.8 Å². The van der Waals surface area contributed by atoms with E-state index in [9.17, 15) is 5.11 Å². The van der Waals surface area contributed by atoms with Gasteiger partial charge in [-0.05, 0) is 31.2 Å². The van der Waals surface area contributed by atoms with Gasteiger partial charge in [0.05, 0.1) is 12.1 Å². The van der Waals surface area contributed by atoms with E-state index >= 15 is 0 Å². The van der Waals surface area contributed by atoms with Crippen molar-refractivity contribution in [1.82, 2.24) is 0 Å². The predicted octanol–water partition coefficient (Wildman–Crippen LogP) is 2.16. The van der Waals surface area contributed by atoms with E-state index < -0.39 is 0 Å². The average molecular weight is 205 g/mol. The molecule has 0 heterocycles. The Morgan fingerprint density at radius 1 is 1.40 bits per heavy atom. The predicted molar refractivity (Wildman–Crippen MR) is 61.5 cm³/mol. The summed E-state index contributed by atoms with van der Waals surface area (Å²) >= 11 is 0. The first kappa shape index (κ1) is 10.7. The zero-order valence-electron chi connectivity index (χ0n) is 9.19. The first-order chi connectivity index (χ1) is 7.18. The van der Waals surface area contributed by atoms with Crippen molar-refractivity contribution in [3.63, 3.8) is 0 Å². The fourth-order valence-corrected chi connectivity index (χ4v) is 2.15. The quantitative estimate of drug-likeness (QED) is 0.794. The molecule has 0 spiro atoms. The van der Waals surface area contributed by atoms with E-state index in [1.165, 1.54) is 12.0 Å². The normalized spacial score (nSPS) is 20.7. The van der Waals surface area contributed by atoms with E-state index in [4.69, 9.17) is 5.73 Å². The van der Waals surface area contributed by atoms with Crippen molar-refractivity contribution in [2.45, 2.75) is 38.3 Å². The van der Waals surface area contributed by atoms with Gasteiger partial charge in [0.2, 0.25) is 0 Å². The van der Waals surface area contributed by atoms with E-state index in [1.54, 1.807) is 0 Å². The van der Waals surface area contributed by atoms with Crippen LogP contribution in [0.2, 0.25) is 0 Å². The Hall–Kier alpha value is -0.860. The molecule has 2 nitrogen and oxygen atoms in total. The van der Waals surface area contributed by atoms with Crippen LogP contribution < -0.4 is 5.73 Å². The molecule has 3 N–H and O–H groups in total. The summed E-state index contributed by atoms with van der Waals surface area (Å²) in [5, 5.41) is 10.1. The zero-order valence-corrected chi connectivity index (χ0v) is 9.19. The molecule has 15 heavy (non-hydrogen) atoms. The lowest BCUT2D eigenvalue weighted by molar-refractivity contribution is 0.0413. The highest BCUT2D eigenvalue weighted by molar-refractivity contribution is 5.25. The van der Waals surface area contributed by atoms with Crippen LogP contribution in [0.5, 0.6) is 0 Å². The fraction of sp³-hybridized carbons (Fsp3) is 0.538. The van der Waals surface area contributed by atoms with Crippen molar-refractivity contribution in [2.24, 2.45) is 11.7 Å². The Balaban J connectivity index is 2.08. The second-order valence-corrected chi connectivity index (χ2v) is 4.62. The smallest absolute Gasteiger partial charge is 0.0760 e. The average Bonchev–Trinajstić information content (AvgIpc) is 2.14. The van der Waals surface area contributed by atoms with Crippen LogP contribution in [0.1, 0.15) is 36.4 Å². The number of aryl methyl sites for hydroxylation is 1. The maximum absolute atomic E-state index is 10.1. The highest BCUT2D eigenvalue weighted by Gasteiger charge is 2.30. The number of benzene rings is 1. The highest BCUT2D eigenvalue weighted by Crippen LogP contribution is 2.34. The molecule has 0 aromatic heterocycles. The standard InChI is InChI=1S/C13H19NO/c1-9-4-2-7-11(8-9)12(14)13(15)10-5-3-6-10/h2,4,7-8,10,12-13,15H,3,5-6,14H2,1H3/t12-,13+/m1/s1. The van der Waals surface area contributed by atoms with Crippen LogP contribution in [0.4, 0.5) is 0 Å². The van der Waals surface area contributed by atoms with Gasteiger partial charge in [-0.2, -0.15) is 0 Å². The lowest BCUT2D eigenvalue weighted by Gasteiger charge is -2.33. The van der Waals surface area contributed by atoms with Gasteiger partial charge in [-0.25, -0.2) is 0 Å². The molecule has 2 rings (SSSR count). The zero-order chi connectivity index (χ0) is 10.8. The Kier molecular flexibility index (Phi) is 3.08. The van der Waals surface area contributed by atoms with Gasteiger partial charge in [0, 0.05) is 0 Å². The molecular weight excluding hydrogens is 186 g/mol. The molecule has 0 radical (unpaired) electrons. The number of aliphatic hydroxyl groups is 1. The minimum absolute atomic E-state index is 0.227. The number of nitrogens with two attached hydrogens (primary N) is 1. The summed E-state index contributed by atoms with van der Waals surface area (Å²) in [6.45, 7) is 2.05. The van der Waals surface area contributed by atoms with Gasteiger partial charge >= 0.3 is 0 Å². The van der Waals surface area contributed by atoms with E-state index in [0.717, 1.165) is 18.4 Å². The van der Waals surface area contributed by atoms with Crippen LogP contribution in [0.3, 0.4) is 0 Å². The van der Waals surface area contributed by atoms with Crippen LogP contribution in [0.25, 0.3) is 0 Å². The van der Waals surface area contributed by atoms with Crippen molar-refractivity contribution >= 4 is 0 Å². The lowest BCUT2D eigenvalue weighted by Crippen LogP contribution is -2.36. The topological polar surface area (TPSA) is 46.2 Å². The summed E-state index contributed by atoms with van der Waals surface area (Å²) < 4.78 is 0. The summed E-state index contributed by atoms with van der Waals surface area (Å²) in [5.41, 5.74) is 8.32. The van der Waals surface area contributed by atoms with Crippen molar-refractivity contribution in [2.75, 3.05) is 0 Å². The monoisotopic (exact) mass is 205 g/mol. The Morgan fingerprint density at radius 3 is 2.67 bits per heavy atom. The molecule has 1 aliphatic carbocycles. The third-order valence-electron chi connectivity index (χ3n) is 3.43. The summed E-state index contributed by atoms with van der Waals surface area (Å²) in [6.07, 6.45) is 3.12. The summed E-state index contributed by atoms with van der Waals surface area (Å²) in [6, 6.07) is 7.88. The lowest BCUT2D eigenvalue weighted by atomic mass is 9.77. The number of rotatable bonds is 3. The molecule has 0 amide bonds. The molecule has 82 valence electrons. The minimum Gasteiger partial charge on any atom is -0.391 e. The first-order valence-electron chi connectivity index (χ1n) is 5.68. The van der Waals surface area contributed by atoms with E-state index in [0.29, 0.717) is 5.92 Å². The second kappa shape index (κ2) is 4.33. The van der Waals surface area contributed by atoms with Crippen LogP contribution in [0.15, 0.2) is 24.3 Å². The molecule has 1 aliphatic rings. The molecule has 0 unspecified atom stereocenters. The second-order valence-electron chi connectivity index (χ2n) is 4.62. The molecule has 1 aromatic rings. The van der Waals surface area contributed by atoms with Gasteiger partial charge in [0.15, 0.2) is 0 Å². The fourth-order valence-electron chi connectivity index (χ4n) is 2.15. The third-order valence-corrected chi connectivity index (χ3v) is 3.43. The first-order valence-corrected chi connectivity index (χ1v) is 5.68. The molecular formula is C13H19NO. The Morgan fingerprint density at radius 2 is 2.13 bits per heavy atom. The molecule has 0 aliphatic heterocycles. The summed E-state index contributed by atoms with van der Waals surface area (Å²) in [7, 11) is 0. The van der Waals surface area contributed by atoms with Gasteiger partial charge in [-0.15, -0.1) is 0 Å². The molecule has 1 saturated carbocycles. The van der Waals surface area contributed by atoms with E-state index in [-0.39, 0.29) is 12.1 Å². The van der Waals surface area contributed by atoms with Crippen molar-refractivity contribution in [3.05, 3.63) is 35.4 Å². The molecule has 0 saturated heterocycles. The van der Waals surface area contributed by atoms with Crippen LogP contribution in [0, 0.1) is 12.8 Å². The van der Waals surface area contributed by atoms with E-state index in [2.05, 4.69) is 6.07 Å². The van der Waals surface area contributed by atoms with Gasteiger partial charge in [-0.1, -0.05) is 36.2 Å². The van der Waals surface area contributed by atoms with Gasteiger partial charge in [0.1, 0.15) is 0 Å². The minimum atomic E-state index is -0.374. The molecule has 1 fully saturated rings. The van der Waals surface area contributed by atoms with Crippen molar-refractivity contribution in [3.8, 4) is 0 Å². The Labute approximate surface area is 91.1 Å². The number of hydrogen-bond donors (Lipinski definition) is 2. The molecule has 1 aromatic carbocycles. The molecule has 2 heteroatoms. The third kappa shape index (κ3) is 2.21. The summed E-state index contributed by atoms with van der Waals surface area (Å²) in [4.78, 5) is 0. The molecule has 0 bridgehead atoms. The van der Waals surface area contributed by atoms with Crippen molar-refractivity contribution < 1.29 is 5.11 Å². The SMILES string of the molecule is Cc1cccc([C@@H](N)[C@@H](O)C2CCC2)c1. The van der Waals surface area contributed by atoms with E-state index in [1.807, 2.05) is 25.1 Å². The summed E-state index contributed by atoms with van der Waals surface area (Å²) in [5.74, 6) is 0.417. The molecule has 2 atom stereocenters. The van der Waals surface area contributed by atoms with Crippen LogP contribution >= 0.6 is 0 Å². The largest absolute Gasteiger partial charge is 0.391 e. The van der Waals surface area contributed by atoms with Gasteiger partial charge in [-0.3, -0.25) is 0 Å². The van der Waals surface area contributed by atoms with Crippen LogP contribution in [-0.2, 0) is 0 Å². The van der Waals surface area contributed by atoms with Crippen molar-refractivity contribution in [1.29, 1.82) is 0 Å². The maximum atomic E-state index is 10.1. The Bertz CT molecular complexity index is 333. The number of hydrogen-bond acceptors (Lipinski definition) is 2.